The lowest BCUT2D eigenvalue weighted by Crippen LogP contribution is -2.21. The van der Waals surface area contributed by atoms with Gasteiger partial charge in [-0.05, 0) is 48.0 Å². The van der Waals surface area contributed by atoms with Crippen LogP contribution in [0.1, 0.15) is 26.3 Å². The highest BCUT2D eigenvalue weighted by Gasteiger charge is 2.31. The third-order valence-corrected chi connectivity index (χ3v) is 3.98. The second-order valence-corrected chi connectivity index (χ2v) is 6.33. The summed E-state index contributed by atoms with van der Waals surface area (Å²) in [5.41, 5.74) is 2.75. The van der Waals surface area contributed by atoms with Crippen molar-refractivity contribution in [3.05, 3.63) is 95.3 Å². The van der Waals surface area contributed by atoms with Gasteiger partial charge in [-0.15, -0.1) is 13.2 Å². The Morgan fingerprint density at radius 2 is 1.66 bits per heavy atom. The number of ether oxygens (including phenoxy) is 1. The van der Waals surface area contributed by atoms with Gasteiger partial charge in [-0.3, -0.25) is 9.59 Å². The molecule has 6 nitrogen and oxygen atoms in total. The summed E-state index contributed by atoms with van der Waals surface area (Å²) in [6.45, 7) is 0. The monoisotopic (exact) mass is 445 g/mol. The zero-order valence-corrected chi connectivity index (χ0v) is 16.2. The van der Waals surface area contributed by atoms with Crippen LogP contribution in [-0.4, -0.2) is 24.4 Å². The van der Waals surface area contributed by atoms with Gasteiger partial charge in [0.15, 0.2) is 0 Å². The number of amides is 2. The number of hydrazone groups is 1. The zero-order valence-electron chi connectivity index (χ0n) is 16.2. The molecule has 0 unspecified atom stereocenters. The van der Waals surface area contributed by atoms with Crippen LogP contribution in [0.3, 0.4) is 0 Å². The van der Waals surface area contributed by atoms with E-state index in [0.717, 1.165) is 12.1 Å². The van der Waals surface area contributed by atoms with Gasteiger partial charge >= 0.3 is 6.36 Å². The summed E-state index contributed by atoms with van der Waals surface area (Å²) in [5, 5.41) is 6.23. The number of halogens is 4. The van der Waals surface area contributed by atoms with Gasteiger partial charge in [0.05, 0.1) is 17.5 Å². The normalized spacial score (nSPS) is 11.2. The molecule has 0 radical (unpaired) electrons. The lowest BCUT2D eigenvalue weighted by atomic mass is 10.1. The average molecular weight is 445 g/mol. The van der Waals surface area contributed by atoms with Gasteiger partial charge in [-0.1, -0.05) is 30.3 Å². The van der Waals surface area contributed by atoms with Crippen molar-refractivity contribution in [2.45, 2.75) is 6.36 Å². The molecule has 0 saturated heterocycles. The molecule has 0 heterocycles. The number of alkyl halides is 3. The third kappa shape index (κ3) is 6.39. The van der Waals surface area contributed by atoms with Crippen LogP contribution in [0.25, 0.3) is 0 Å². The molecule has 3 aromatic rings. The first kappa shape index (κ1) is 22.5. The van der Waals surface area contributed by atoms with Crippen LogP contribution >= 0.6 is 0 Å². The minimum Gasteiger partial charge on any atom is -0.406 e. The molecule has 3 aromatic carbocycles. The number of nitrogens with one attached hydrogen (secondary N) is 2. The minimum atomic E-state index is -4.90. The summed E-state index contributed by atoms with van der Waals surface area (Å²) >= 11 is 0. The molecule has 0 aliphatic heterocycles. The number of carbonyl (C=O) groups excluding carboxylic acids is 2. The van der Waals surface area contributed by atoms with E-state index >= 15 is 0 Å². The van der Waals surface area contributed by atoms with Gasteiger partial charge in [-0.25, -0.2) is 9.82 Å². The molecular weight excluding hydrogens is 430 g/mol. The fourth-order valence-corrected chi connectivity index (χ4v) is 2.63. The van der Waals surface area contributed by atoms with E-state index in [4.69, 9.17) is 0 Å². The Balaban J connectivity index is 1.71. The van der Waals surface area contributed by atoms with Gasteiger partial charge in [-0.2, -0.15) is 5.10 Å². The molecule has 32 heavy (non-hydrogen) atoms. The molecule has 164 valence electrons. The van der Waals surface area contributed by atoms with E-state index in [-0.39, 0.29) is 16.8 Å². The molecule has 0 aromatic heterocycles. The van der Waals surface area contributed by atoms with Gasteiger partial charge < -0.3 is 10.1 Å². The van der Waals surface area contributed by atoms with Crippen LogP contribution in [0.5, 0.6) is 5.75 Å². The molecule has 10 heteroatoms. The second kappa shape index (κ2) is 9.73. The molecule has 0 fully saturated rings. The van der Waals surface area contributed by atoms with Crippen molar-refractivity contribution in [3.63, 3.8) is 0 Å². The predicted octanol–water partition coefficient (Wildman–Crippen LogP) is 4.74. The maximum Gasteiger partial charge on any atom is 0.573 e. The minimum absolute atomic E-state index is 0.0555. The van der Waals surface area contributed by atoms with Crippen LogP contribution < -0.4 is 15.5 Å². The first-order valence-corrected chi connectivity index (χ1v) is 9.06. The molecule has 0 bridgehead atoms. The molecule has 0 saturated carbocycles. The fourth-order valence-electron chi connectivity index (χ4n) is 2.63. The van der Waals surface area contributed by atoms with Gasteiger partial charge in [0.25, 0.3) is 11.8 Å². The smallest absolute Gasteiger partial charge is 0.406 e. The van der Waals surface area contributed by atoms with E-state index in [1.807, 2.05) is 0 Å². The van der Waals surface area contributed by atoms with Crippen molar-refractivity contribution in [3.8, 4) is 5.75 Å². The zero-order chi connectivity index (χ0) is 23.1. The van der Waals surface area contributed by atoms with E-state index < -0.39 is 29.7 Å². The quantitative estimate of drug-likeness (QED) is 0.327. The molecule has 3 rings (SSSR count). The third-order valence-electron chi connectivity index (χ3n) is 3.98. The first-order valence-electron chi connectivity index (χ1n) is 9.06. The SMILES string of the molecule is O=C(Nc1ccccc1C(=O)N/N=C/c1cccc(F)c1)c1cccc(OC(F)(F)F)c1. The molecule has 0 aliphatic carbocycles. The number of carbonyl (C=O) groups is 2. The standard InChI is InChI=1S/C22H15F4N3O3/c23-16-7-3-5-14(11-16)13-27-29-21(31)18-9-1-2-10-19(18)28-20(30)15-6-4-8-17(12-15)32-22(24,25)26/h1-13H,(H,28,30)(H,29,31)/b27-13+. The molecule has 2 amide bonds. The number of anilines is 1. The fraction of sp³-hybridized carbons (Fsp3) is 0.0455. The Morgan fingerprint density at radius 1 is 0.906 bits per heavy atom. The maximum absolute atomic E-state index is 13.2. The summed E-state index contributed by atoms with van der Waals surface area (Å²) in [6.07, 6.45) is -3.65. The summed E-state index contributed by atoms with van der Waals surface area (Å²) in [7, 11) is 0. The van der Waals surface area contributed by atoms with Gasteiger partial charge in [0, 0.05) is 5.56 Å². The van der Waals surface area contributed by atoms with Crippen LogP contribution in [0.2, 0.25) is 0 Å². The highest BCUT2D eigenvalue weighted by atomic mass is 19.4. The van der Waals surface area contributed by atoms with Crippen molar-refractivity contribution in [2.75, 3.05) is 5.32 Å². The Morgan fingerprint density at radius 3 is 2.41 bits per heavy atom. The summed E-state index contributed by atoms with van der Waals surface area (Å²) in [5.74, 6) is -2.43. The topological polar surface area (TPSA) is 79.8 Å². The van der Waals surface area contributed by atoms with Crippen LogP contribution in [0.4, 0.5) is 23.2 Å². The Labute approximate surface area is 179 Å². The first-order chi connectivity index (χ1) is 15.2. The Bertz CT molecular complexity index is 1160. The van der Waals surface area contributed by atoms with Crippen LogP contribution in [-0.2, 0) is 0 Å². The Kier molecular flexibility index (Phi) is 6.83. The van der Waals surface area contributed by atoms with Gasteiger partial charge in [0.2, 0.25) is 0 Å². The number of nitrogens with zero attached hydrogens (tertiary/aromatic N) is 1. The van der Waals surface area contributed by atoms with Crippen molar-refractivity contribution in [1.29, 1.82) is 0 Å². The van der Waals surface area contributed by atoms with E-state index in [1.54, 1.807) is 18.2 Å². The molecule has 0 atom stereocenters. The number of hydrogen-bond donors (Lipinski definition) is 2. The molecule has 0 spiro atoms. The van der Waals surface area contributed by atoms with E-state index in [0.29, 0.717) is 5.56 Å². The summed E-state index contributed by atoms with van der Waals surface area (Å²) in [4.78, 5) is 24.9. The van der Waals surface area contributed by atoms with Crippen molar-refractivity contribution in [2.24, 2.45) is 5.10 Å². The number of para-hydroxylation sites is 1. The van der Waals surface area contributed by atoms with Gasteiger partial charge in [0.1, 0.15) is 11.6 Å². The van der Waals surface area contributed by atoms with Crippen LogP contribution in [0.15, 0.2) is 77.9 Å². The summed E-state index contributed by atoms with van der Waals surface area (Å²) < 4.78 is 54.2. The van der Waals surface area contributed by atoms with Crippen molar-refractivity contribution in [1.82, 2.24) is 5.43 Å². The molecular formula is C22H15F4N3O3. The number of hydrogen-bond acceptors (Lipinski definition) is 4. The van der Waals surface area contributed by atoms with Crippen molar-refractivity contribution >= 4 is 23.7 Å². The van der Waals surface area contributed by atoms with E-state index in [2.05, 4.69) is 20.6 Å². The predicted molar refractivity (Wildman–Crippen MR) is 109 cm³/mol. The number of benzene rings is 3. The molecule has 2 N–H and O–H groups in total. The lowest BCUT2D eigenvalue weighted by Gasteiger charge is -2.12. The maximum atomic E-state index is 13.2. The largest absolute Gasteiger partial charge is 0.573 e. The Hall–Kier alpha value is -4.21. The van der Waals surface area contributed by atoms with Crippen LogP contribution in [0, 0.1) is 5.82 Å². The molecule has 0 aliphatic rings. The van der Waals surface area contributed by atoms with E-state index in [9.17, 15) is 27.2 Å². The second-order valence-electron chi connectivity index (χ2n) is 6.33. The summed E-state index contributed by atoms with van der Waals surface area (Å²) in [6, 6.07) is 16.1. The van der Waals surface area contributed by atoms with E-state index in [1.165, 1.54) is 48.7 Å². The average Bonchev–Trinajstić information content (AvgIpc) is 2.73. The number of rotatable bonds is 6. The highest BCUT2D eigenvalue weighted by molar-refractivity contribution is 6.09. The van der Waals surface area contributed by atoms with Crippen molar-refractivity contribution < 1.29 is 31.9 Å². The lowest BCUT2D eigenvalue weighted by molar-refractivity contribution is -0.274. The highest BCUT2D eigenvalue weighted by Crippen LogP contribution is 2.24.